The quantitative estimate of drug-likeness (QED) is 0.843. The molecule has 1 aliphatic rings. The third-order valence-corrected chi connectivity index (χ3v) is 4.77. The maximum Gasteiger partial charge on any atom is 0.242 e. The largest absolute Gasteiger partial charge is 0.378 e. The molecule has 0 aromatic heterocycles. The normalized spacial score (nSPS) is 19.5. The van der Waals surface area contributed by atoms with Crippen LogP contribution in [0, 0.1) is 11.3 Å². The van der Waals surface area contributed by atoms with Gasteiger partial charge < -0.3 is 10.1 Å². The summed E-state index contributed by atoms with van der Waals surface area (Å²) < 4.78 is 32.1. The number of ether oxygens (including phenoxy) is 1. The van der Waals surface area contributed by atoms with Crippen molar-refractivity contribution >= 4 is 21.6 Å². The molecule has 1 heterocycles. The van der Waals surface area contributed by atoms with Gasteiger partial charge in [-0.25, -0.2) is 13.1 Å². The molecule has 0 aliphatic carbocycles. The first-order chi connectivity index (χ1) is 9.53. The number of hydrogen-bond donors (Lipinski definition) is 2. The van der Waals surface area contributed by atoms with Crippen LogP contribution in [0.1, 0.15) is 5.56 Å². The van der Waals surface area contributed by atoms with E-state index in [1.807, 2.05) is 6.07 Å². The lowest BCUT2D eigenvalue weighted by atomic mass is 10.2. The molecule has 0 saturated carbocycles. The molecule has 8 heteroatoms. The molecule has 1 atom stereocenters. The van der Waals surface area contributed by atoms with Crippen molar-refractivity contribution in [1.82, 2.24) is 10.0 Å². The van der Waals surface area contributed by atoms with Crippen molar-refractivity contribution in [2.45, 2.75) is 10.9 Å². The molecular formula is C12H14ClN3O3S. The monoisotopic (exact) mass is 315 g/mol. The zero-order chi connectivity index (χ0) is 14.6. The van der Waals surface area contributed by atoms with Crippen molar-refractivity contribution in [2.24, 2.45) is 0 Å². The molecule has 1 aromatic rings. The molecule has 1 aromatic carbocycles. The Hall–Kier alpha value is -1.17. The predicted octanol–water partition coefficient (Wildman–Crippen LogP) is 0.478. The smallest absolute Gasteiger partial charge is 0.242 e. The molecule has 20 heavy (non-hydrogen) atoms. The van der Waals surface area contributed by atoms with E-state index in [9.17, 15) is 8.42 Å². The lowest BCUT2D eigenvalue weighted by Crippen LogP contribution is -2.48. The van der Waals surface area contributed by atoms with Crippen LogP contribution in [0.15, 0.2) is 23.1 Å². The lowest BCUT2D eigenvalue weighted by Gasteiger charge is -2.24. The number of hydrogen-bond acceptors (Lipinski definition) is 5. The fourth-order valence-corrected chi connectivity index (χ4v) is 3.42. The molecule has 1 fully saturated rings. The van der Waals surface area contributed by atoms with Crippen LogP contribution in [0.4, 0.5) is 0 Å². The summed E-state index contributed by atoms with van der Waals surface area (Å²) in [4.78, 5) is -0.0880. The second-order valence-electron chi connectivity index (χ2n) is 4.33. The van der Waals surface area contributed by atoms with Gasteiger partial charge in [-0.15, -0.1) is 0 Å². The van der Waals surface area contributed by atoms with Crippen LogP contribution >= 0.6 is 11.6 Å². The highest BCUT2D eigenvalue weighted by atomic mass is 35.5. The number of rotatable bonds is 4. The second-order valence-corrected chi connectivity index (χ2v) is 6.48. The van der Waals surface area contributed by atoms with Gasteiger partial charge in [0.15, 0.2) is 0 Å². The summed E-state index contributed by atoms with van der Waals surface area (Å²) in [6.45, 7) is 1.97. The molecule has 2 N–H and O–H groups in total. The molecule has 6 nitrogen and oxygen atoms in total. The number of nitriles is 1. The maximum atomic E-state index is 12.2. The molecule has 0 amide bonds. The zero-order valence-electron chi connectivity index (χ0n) is 10.6. The van der Waals surface area contributed by atoms with Gasteiger partial charge in [0.2, 0.25) is 10.0 Å². The number of halogens is 1. The van der Waals surface area contributed by atoms with Crippen LogP contribution in [-0.2, 0) is 14.8 Å². The van der Waals surface area contributed by atoms with Crippen molar-refractivity contribution in [3.63, 3.8) is 0 Å². The summed E-state index contributed by atoms with van der Waals surface area (Å²) >= 11 is 5.89. The average Bonchev–Trinajstić information content (AvgIpc) is 2.47. The van der Waals surface area contributed by atoms with E-state index in [4.69, 9.17) is 21.6 Å². The number of morpholine rings is 1. The Bertz CT molecular complexity index is 621. The van der Waals surface area contributed by atoms with E-state index in [1.165, 1.54) is 18.2 Å². The van der Waals surface area contributed by atoms with E-state index in [-0.39, 0.29) is 28.1 Å². The Morgan fingerprint density at radius 3 is 3.00 bits per heavy atom. The van der Waals surface area contributed by atoms with E-state index in [0.29, 0.717) is 19.8 Å². The van der Waals surface area contributed by atoms with E-state index in [2.05, 4.69) is 10.0 Å². The fourth-order valence-electron chi connectivity index (χ4n) is 1.82. The Balaban J connectivity index is 2.11. The predicted molar refractivity (Wildman–Crippen MR) is 74.0 cm³/mol. The molecular weight excluding hydrogens is 302 g/mol. The van der Waals surface area contributed by atoms with Gasteiger partial charge in [-0.2, -0.15) is 5.26 Å². The second kappa shape index (κ2) is 6.52. The third kappa shape index (κ3) is 3.69. The van der Waals surface area contributed by atoms with Gasteiger partial charge in [-0.05, 0) is 18.2 Å². The fraction of sp³-hybridized carbons (Fsp3) is 0.417. The van der Waals surface area contributed by atoms with Gasteiger partial charge in [0.05, 0.1) is 29.9 Å². The highest BCUT2D eigenvalue weighted by Crippen LogP contribution is 2.22. The standard InChI is InChI=1S/C12H14ClN3O3S/c13-11-2-1-9(6-14)5-12(11)20(17,18)16-7-10-8-19-4-3-15-10/h1-2,5,10,15-16H,3-4,7-8H2. The van der Waals surface area contributed by atoms with Crippen molar-refractivity contribution < 1.29 is 13.2 Å². The molecule has 0 bridgehead atoms. The molecule has 0 radical (unpaired) electrons. The third-order valence-electron chi connectivity index (χ3n) is 2.87. The van der Waals surface area contributed by atoms with Crippen molar-refractivity contribution in [1.29, 1.82) is 5.26 Å². The molecule has 1 unspecified atom stereocenters. The van der Waals surface area contributed by atoms with Crippen LogP contribution in [-0.4, -0.2) is 40.8 Å². The number of nitrogens with zero attached hydrogens (tertiary/aromatic N) is 1. The summed E-state index contributed by atoms with van der Waals surface area (Å²) in [5.41, 5.74) is 0.244. The Kier molecular flexibility index (Phi) is 4.96. The summed E-state index contributed by atoms with van der Waals surface area (Å²) in [5.74, 6) is 0. The first-order valence-electron chi connectivity index (χ1n) is 6.03. The van der Waals surface area contributed by atoms with Crippen molar-refractivity contribution in [3.05, 3.63) is 28.8 Å². The van der Waals surface area contributed by atoms with Gasteiger partial charge in [-0.3, -0.25) is 0 Å². The number of nitrogens with one attached hydrogen (secondary N) is 2. The average molecular weight is 316 g/mol. The van der Waals surface area contributed by atoms with Crippen LogP contribution in [0.3, 0.4) is 0 Å². The maximum absolute atomic E-state index is 12.2. The minimum absolute atomic E-state index is 0.0727. The summed E-state index contributed by atoms with van der Waals surface area (Å²) in [6.07, 6.45) is 0. The minimum atomic E-state index is -3.75. The SMILES string of the molecule is N#Cc1ccc(Cl)c(S(=O)(=O)NCC2COCCN2)c1. The zero-order valence-corrected chi connectivity index (χ0v) is 12.2. The van der Waals surface area contributed by atoms with Crippen LogP contribution in [0.5, 0.6) is 0 Å². The number of sulfonamides is 1. The van der Waals surface area contributed by atoms with E-state index >= 15 is 0 Å². The van der Waals surface area contributed by atoms with Gasteiger partial charge in [-0.1, -0.05) is 11.6 Å². The number of benzene rings is 1. The topological polar surface area (TPSA) is 91.2 Å². The Morgan fingerprint density at radius 2 is 2.35 bits per heavy atom. The Labute approximate surface area is 122 Å². The summed E-state index contributed by atoms with van der Waals surface area (Å²) in [6, 6.07) is 5.95. The van der Waals surface area contributed by atoms with E-state index in [1.54, 1.807) is 0 Å². The van der Waals surface area contributed by atoms with Crippen LogP contribution in [0.2, 0.25) is 5.02 Å². The molecule has 1 aliphatic heterocycles. The van der Waals surface area contributed by atoms with Gasteiger partial charge in [0.1, 0.15) is 4.90 Å². The molecule has 1 saturated heterocycles. The Morgan fingerprint density at radius 1 is 1.55 bits per heavy atom. The van der Waals surface area contributed by atoms with Crippen molar-refractivity contribution in [2.75, 3.05) is 26.3 Å². The highest BCUT2D eigenvalue weighted by Gasteiger charge is 2.21. The highest BCUT2D eigenvalue weighted by molar-refractivity contribution is 7.89. The van der Waals surface area contributed by atoms with Crippen LogP contribution in [0.25, 0.3) is 0 Å². The van der Waals surface area contributed by atoms with Gasteiger partial charge >= 0.3 is 0 Å². The molecule has 0 spiro atoms. The van der Waals surface area contributed by atoms with Crippen molar-refractivity contribution in [3.8, 4) is 6.07 Å². The van der Waals surface area contributed by atoms with Gasteiger partial charge in [0, 0.05) is 19.1 Å². The van der Waals surface area contributed by atoms with E-state index in [0.717, 1.165) is 0 Å². The molecule has 108 valence electrons. The minimum Gasteiger partial charge on any atom is -0.378 e. The lowest BCUT2D eigenvalue weighted by molar-refractivity contribution is 0.0784. The first-order valence-corrected chi connectivity index (χ1v) is 7.89. The van der Waals surface area contributed by atoms with Crippen LogP contribution < -0.4 is 10.0 Å². The first kappa shape index (κ1) is 15.2. The summed E-state index contributed by atoms with van der Waals surface area (Å²) in [7, 11) is -3.75. The molecule has 2 rings (SSSR count). The summed E-state index contributed by atoms with van der Waals surface area (Å²) in [5, 5.41) is 12.0. The van der Waals surface area contributed by atoms with E-state index < -0.39 is 10.0 Å². The van der Waals surface area contributed by atoms with Gasteiger partial charge in [0.25, 0.3) is 0 Å².